The van der Waals surface area contributed by atoms with Crippen LogP contribution in [0.2, 0.25) is 0 Å². The van der Waals surface area contributed by atoms with Gasteiger partial charge in [0.05, 0.1) is 3.79 Å². The fraction of sp³-hybridized carbons (Fsp3) is 0.615. The Morgan fingerprint density at radius 2 is 2.12 bits per heavy atom. The van der Waals surface area contributed by atoms with E-state index in [2.05, 4.69) is 15.9 Å². The van der Waals surface area contributed by atoms with Crippen molar-refractivity contribution in [3.63, 3.8) is 0 Å². The normalized spacial score (nSPS) is 17.6. The molecule has 0 bridgehead atoms. The molecule has 1 fully saturated rings. The molecule has 2 rings (SSSR count). The summed E-state index contributed by atoms with van der Waals surface area (Å²) >= 11 is 5.10. The Morgan fingerprint density at radius 3 is 2.69 bits per heavy atom. The highest BCUT2D eigenvalue weighted by atomic mass is 79.9. The number of halogens is 1. The first-order valence-corrected chi connectivity index (χ1v) is 7.57. The number of carbonyl (C=O) groups excluding carboxylic acids is 1. The van der Waals surface area contributed by atoms with Gasteiger partial charge in [-0.05, 0) is 34.8 Å². The highest BCUT2D eigenvalue weighted by molar-refractivity contribution is 9.11. The predicted molar refractivity (Wildman–Crippen MR) is 72.3 cm³/mol. The lowest BCUT2D eigenvalue weighted by atomic mass is 9.85. The van der Waals surface area contributed by atoms with Crippen LogP contribution in [0.4, 0.5) is 0 Å². The first kappa shape index (κ1) is 12.3. The highest BCUT2D eigenvalue weighted by Gasteiger charge is 2.20. The largest absolute Gasteiger partial charge is 0.294 e. The minimum Gasteiger partial charge on any atom is -0.294 e. The molecule has 1 heterocycles. The summed E-state index contributed by atoms with van der Waals surface area (Å²) in [5.74, 6) is 0.977. The molecule has 0 N–H and O–H groups in total. The minimum absolute atomic E-state index is 0.339. The van der Waals surface area contributed by atoms with Crippen LogP contribution in [0.5, 0.6) is 0 Å². The Morgan fingerprint density at radius 1 is 1.44 bits per heavy atom. The molecule has 1 aromatic heterocycles. The van der Waals surface area contributed by atoms with E-state index >= 15 is 0 Å². The number of ketones is 1. The molecule has 0 atom stereocenters. The number of thiophene rings is 1. The lowest BCUT2D eigenvalue weighted by Crippen LogP contribution is -2.12. The summed E-state index contributed by atoms with van der Waals surface area (Å²) in [5.41, 5.74) is 0.933. The smallest absolute Gasteiger partial charge is 0.164 e. The van der Waals surface area contributed by atoms with Crippen molar-refractivity contribution in [3.05, 3.63) is 20.3 Å². The molecule has 0 aliphatic heterocycles. The van der Waals surface area contributed by atoms with Crippen LogP contribution < -0.4 is 0 Å². The van der Waals surface area contributed by atoms with Crippen molar-refractivity contribution < 1.29 is 4.79 Å². The molecule has 1 aliphatic carbocycles. The van der Waals surface area contributed by atoms with E-state index in [9.17, 15) is 4.79 Å². The molecule has 0 amide bonds. The molecule has 88 valence electrons. The molecule has 1 nitrogen and oxygen atoms in total. The number of hydrogen-bond acceptors (Lipinski definition) is 2. The van der Waals surface area contributed by atoms with E-state index in [1.807, 2.05) is 13.0 Å². The highest BCUT2D eigenvalue weighted by Crippen LogP contribution is 2.31. The quantitative estimate of drug-likeness (QED) is 0.720. The Hall–Kier alpha value is -0.150. The Bertz CT molecular complexity index is 377. The second-order valence-corrected chi connectivity index (χ2v) is 7.29. The molecule has 1 aromatic rings. The molecular weight excluding hydrogens is 284 g/mol. The third-order valence-corrected chi connectivity index (χ3v) is 4.94. The van der Waals surface area contributed by atoms with Crippen molar-refractivity contribution in [2.45, 2.75) is 45.4 Å². The van der Waals surface area contributed by atoms with Crippen LogP contribution in [0.15, 0.2) is 9.85 Å². The van der Waals surface area contributed by atoms with Gasteiger partial charge in [-0.15, -0.1) is 11.3 Å². The zero-order valence-corrected chi connectivity index (χ0v) is 12.0. The number of aryl methyl sites for hydroxylation is 1. The first-order valence-electron chi connectivity index (χ1n) is 5.96. The minimum atomic E-state index is 0.339. The molecule has 16 heavy (non-hydrogen) atoms. The molecule has 3 heteroatoms. The van der Waals surface area contributed by atoms with Gasteiger partial charge >= 0.3 is 0 Å². The number of rotatable bonds is 3. The second kappa shape index (κ2) is 5.46. The van der Waals surface area contributed by atoms with Crippen LogP contribution in [0.25, 0.3) is 0 Å². The number of carbonyl (C=O) groups is 1. The predicted octanol–water partition coefficient (Wildman–Crippen LogP) is 4.97. The fourth-order valence-corrected chi connectivity index (χ4v) is 4.20. The van der Waals surface area contributed by atoms with Crippen molar-refractivity contribution in [1.82, 2.24) is 0 Å². The number of hydrogen-bond donors (Lipinski definition) is 0. The van der Waals surface area contributed by atoms with Gasteiger partial charge in [0.15, 0.2) is 5.78 Å². The lowest BCUT2D eigenvalue weighted by molar-refractivity contribution is 0.0950. The van der Waals surface area contributed by atoms with E-state index < -0.39 is 0 Å². The molecule has 1 saturated carbocycles. The van der Waals surface area contributed by atoms with E-state index in [1.54, 1.807) is 11.3 Å². The summed E-state index contributed by atoms with van der Waals surface area (Å²) in [5, 5.41) is 0. The van der Waals surface area contributed by atoms with Gasteiger partial charge in [-0.1, -0.05) is 32.1 Å². The van der Waals surface area contributed by atoms with Crippen LogP contribution in [0.1, 0.15) is 53.8 Å². The Balaban J connectivity index is 1.99. The third-order valence-electron chi connectivity index (χ3n) is 3.39. The van der Waals surface area contributed by atoms with Crippen LogP contribution in [-0.2, 0) is 0 Å². The monoisotopic (exact) mass is 300 g/mol. The summed E-state index contributed by atoms with van der Waals surface area (Å²) in [6, 6.07) is 1.98. The molecular formula is C13H17BrOS. The molecule has 0 unspecified atom stereocenters. The standard InChI is InChI=1S/C13H17BrOS/c1-9-11(8-13(14)16-9)12(15)7-10-5-3-2-4-6-10/h8,10H,2-7H2,1H3. The van der Waals surface area contributed by atoms with Gasteiger partial charge in [0, 0.05) is 16.9 Å². The second-order valence-electron chi connectivity index (χ2n) is 4.65. The van der Waals surface area contributed by atoms with Gasteiger partial charge in [0.25, 0.3) is 0 Å². The molecule has 0 radical (unpaired) electrons. The average molecular weight is 301 g/mol. The topological polar surface area (TPSA) is 17.1 Å². The van der Waals surface area contributed by atoms with E-state index in [0.717, 1.165) is 20.6 Å². The SMILES string of the molecule is Cc1sc(Br)cc1C(=O)CC1CCCCC1. The van der Waals surface area contributed by atoms with Gasteiger partial charge in [0.1, 0.15) is 0 Å². The van der Waals surface area contributed by atoms with E-state index in [1.165, 1.54) is 32.1 Å². The van der Waals surface area contributed by atoms with E-state index in [0.29, 0.717) is 11.7 Å². The van der Waals surface area contributed by atoms with Gasteiger partial charge in [-0.2, -0.15) is 0 Å². The summed E-state index contributed by atoms with van der Waals surface area (Å²) in [6.07, 6.45) is 7.22. The number of Topliss-reactive ketones (excluding diaryl/α,β-unsaturated/α-hetero) is 1. The Kier molecular flexibility index (Phi) is 4.20. The van der Waals surface area contributed by atoms with Gasteiger partial charge in [-0.25, -0.2) is 0 Å². The maximum atomic E-state index is 12.1. The van der Waals surface area contributed by atoms with E-state index in [4.69, 9.17) is 0 Å². The zero-order chi connectivity index (χ0) is 11.5. The van der Waals surface area contributed by atoms with Crippen LogP contribution in [-0.4, -0.2) is 5.78 Å². The van der Waals surface area contributed by atoms with Crippen molar-refractivity contribution in [1.29, 1.82) is 0 Å². The Labute approximate surface area is 109 Å². The zero-order valence-electron chi connectivity index (χ0n) is 9.59. The van der Waals surface area contributed by atoms with Crippen LogP contribution >= 0.6 is 27.3 Å². The van der Waals surface area contributed by atoms with Gasteiger partial charge in [-0.3, -0.25) is 4.79 Å². The lowest BCUT2D eigenvalue weighted by Gasteiger charge is -2.20. The molecule has 0 saturated heterocycles. The summed E-state index contributed by atoms with van der Waals surface area (Å²) < 4.78 is 1.07. The maximum Gasteiger partial charge on any atom is 0.164 e. The molecule has 0 spiro atoms. The first-order chi connectivity index (χ1) is 7.66. The summed E-state index contributed by atoms with van der Waals surface area (Å²) in [7, 11) is 0. The van der Waals surface area contributed by atoms with Crippen molar-refractivity contribution >= 4 is 33.0 Å². The summed E-state index contributed by atoms with van der Waals surface area (Å²) in [4.78, 5) is 13.3. The molecule has 0 aromatic carbocycles. The van der Waals surface area contributed by atoms with Gasteiger partial charge in [0.2, 0.25) is 0 Å². The van der Waals surface area contributed by atoms with E-state index in [-0.39, 0.29) is 0 Å². The van der Waals surface area contributed by atoms with Crippen LogP contribution in [0, 0.1) is 12.8 Å². The molecule has 1 aliphatic rings. The van der Waals surface area contributed by atoms with Crippen molar-refractivity contribution in [3.8, 4) is 0 Å². The van der Waals surface area contributed by atoms with Gasteiger partial charge < -0.3 is 0 Å². The maximum absolute atomic E-state index is 12.1. The summed E-state index contributed by atoms with van der Waals surface area (Å²) in [6.45, 7) is 2.03. The average Bonchev–Trinajstić information content (AvgIpc) is 2.59. The van der Waals surface area contributed by atoms with Crippen LogP contribution in [0.3, 0.4) is 0 Å². The third kappa shape index (κ3) is 2.95. The van der Waals surface area contributed by atoms with Crippen molar-refractivity contribution in [2.75, 3.05) is 0 Å². The van der Waals surface area contributed by atoms with Crippen molar-refractivity contribution in [2.24, 2.45) is 5.92 Å². The fourth-order valence-electron chi connectivity index (χ4n) is 2.49.